The lowest BCUT2D eigenvalue weighted by Gasteiger charge is -2.21. The first kappa shape index (κ1) is 19.6. The second-order valence-corrected chi connectivity index (χ2v) is 5.06. The van der Waals surface area contributed by atoms with Gasteiger partial charge in [0.25, 0.3) is 0 Å². The van der Waals surface area contributed by atoms with Gasteiger partial charge in [-0.25, -0.2) is 9.73 Å². The summed E-state index contributed by atoms with van der Waals surface area (Å²) >= 11 is 0. The molecule has 0 aliphatic carbocycles. The van der Waals surface area contributed by atoms with Crippen molar-refractivity contribution in [1.29, 1.82) is 0 Å². The molecule has 0 aliphatic heterocycles. The fourth-order valence-electron chi connectivity index (χ4n) is 1.68. The van der Waals surface area contributed by atoms with E-state index in [4.69, 9.17) is 21.1 Å². The molecule has 0 saturated heterocycles. The van der Waals surface area contributed by atoms with Gasteiger partial charge in [-0.3, -0.25) is 4.99 Å². The van der Waals surface area contributed by atoms with E-state index in [0.29, 0.717) is 31.8 Å². The number of rotatable bonds is 11. The Morgan fingerprint density at radius 2 is 2.04 bits per heavy atom. The minimum Gasteiger partial charge on any atom is -0.461 e. The SMILES string of the molecule is C=C(C)C(=O)OCCNON(CCN=C(N)N)Cc1ccccc1. The Balaban J connectivity index is 2.39. The number of carbonyl (C=O) groups excluding carboxylic acids is 1. The highest BCUT2D eigenvalue weighted by molar-refractivity contribution is 5.86. The summed E-state index contributed by atoms with van der Waals surface area (Å²) in [4.78, 5) is 20.7. The molecule has 0 aromatic heterocycles. The molecule has 0 fully saturated rings. The van der Waals surface area contributed by atoms with Gasteiger partial charge in [0.15, 0.2) is 5.96 Å². The Kier molecular flexibility index (Phi) is 9.13. The number of nitrogens with zero attached hydrogens (tertiary/aromatic N) is 2. The van der Waals surface area contributed by atoms with E-state index in [0.717, 1.165) is 5.56 Å². The van der Waals surface area contributed by atoms with E-state index in [2.05, 4.69) is 17.1 Å². The molecule has 1 aromatic rings. The van der Waals surface area contributed by atoms with Crippen LogP contribution in [0, 0.1) is 0 Å². The molecular formula is C16H25N5O3. The third-order valence-electron chi connectivity index (χ3n) is 2.82. The fourth-order valence-corrected chi connectivity index (χ4v) is 1.68. The second kappa shape index (κ2) is 11.2. The van der Waals surface area contributed by atoms with Crippen LogP contribution in [-0.4, -0.2) is 43.2 Å². The molecular weight excluding hydrogens is 310 g/mol. The highest BCUT2D eigenvalue weighted by Gasteiger charge is 2.07. The summed E-state index contributed by atoms with van der Waals surface area (Å²) < 4.78 is 4.96. The predicted molar refractivity (Wildman–Crippen MR) is 92.4 cm³/mol. The number of nitrogens with two attached hydrogens (primary N) is 2. The molecule has 8 nitrogen and oxygen atoms in total. The van der Waals surface area contributed by atoms with Crippen LogP contribution in [0.5, 0.6) is 0 Å². The molecule has 132 valence electrons. The molecule has 0 unspecified atom stereocenters. The zero-order valence-corrected chi connectivity index (χ0v) is 13.9. The lowest BCUT2D eigenvalue weighted by molar-refractivity contribution is -0.217. The molecule has 0 atom stereocenters. The molecule has 0 amide bonds. The molecule has 1 aromatic carbocycles. The largest absolute Gasteiger partial charge is 0.461 e. The summed E-state index contributed by atoms with van der Waals surface area (Å²) in [6.45, 7) is 7.07. The first-order valence-corrected chi connectivity index (χ1v) is 7.55. The van der Waals surface area contributed by atoms with Gasteiger partial charge in [-0.1, -0.05) is 36.9 Å². The van der Waals surface area contributed by atoms with Crippen molar-refractivity contribution in [3.63, 3.8) is 0 Å². The lowest BCUT2D eigenvalue weighted by atomic mass is 10.2. The van der Waals surface area contributed by atoms with E-state index in [9.17, 15) is 4.79 Å². The van der Waals surface area contributed by atoms with E-state index < -0.39 is 5.97 Å². The molecule has 0 heterocycles. The van der Waals surface area contributed by atoms with Crippen molar-refractivity contribution in [3.8, 4) is 0 Å². The molecule has 8 heteroatoms. The molecule has 0 radical (unpaired) electrons. The average molecular weight is 335 g/mol. The molecule has 0 aliphatic rings. The van der Waals surface area contributed by atoms with Crippen LogP contribution in [0.1, 0.15) is 12.5 Å². The van der Waals surface area contributed by atoms with Crippen LogP contribution in [-0.2, 0) is 21.0 Å². The Labute approximate surface area is 142 Å². The van der Waals surface area contributed by atoms with Gasteiger partial charge in [0.05, 0.1) is 19.6 Å². The standard InChI is InChI=1S/C16H25N5O3/c1-13(2)15(22)23-11-9-20-24-21(10-8-19-16(17)18)12-14-6-4-3-5-7-14/h3-7,20H,1,8-12H2,2H3,(H4,17,18,19). The number of benzene rings is 1. The maximum atomic E-state index is 11.2. The van der Waals surface area contributed by atoms with Crippen LogP contribution < -0.4 is 16.9 Å². The molecule has 1 rings (SSSR count). The Morgan fingerprint density at radius 1 is 1.33 bits per heavy atom. The van der Waals surface area contributed by atoms with Crippen molar-refractivity contribution in [2.45, 2.75) is 13.5 Å². The number of hydrogen-bond acceptors (Lipinski definition) is 6. The van der Waals surface area contributed by atoms with Crippen molar-refractivity contribution in [1.82, 2.24) is 10.5 Å². The van der Waals surface area contributed by atoms with Gasteiger partial charge in [0.1, 0.15) is 6.61 Å². The minimum atomic E-state index is -0.425. The quantitative estimate of drug-likeness (QED) is 0.133. The first-order chi connectivity index (χ1) is 11.5. The van der Waals surface area contributed by atoms with Crippen molar-refractivity contribution in [3.05, 3.63) is 48.0 Å². The maximum Gasteiger partial charge on any atom is 0.333 e. The maximum absolute atomic E-state index is 11.2. The number of aliphatic imine (C=N–C) groups is 1. The van der Waals surface area contributed by atoms with Gasteiger partial charge < -0.3 is 16.2 Å². The Hall–Kier alpha value is -2.42. The number of esters is 1. The number of nitrogens with one attached hydrogen (secondary N) is 1. The number of hydroxylamine groups is 3. The van der Waals surface area contributed by atoms with Crippen LogP contribution in [0.3, 0.4) is 0 Å². The van der Waals surface area contributed by atoms with Crippen molar-refractivity contribution in [2.75, 3.05) is 26.2 Å². The van der Waals surface area contributed by atoms with Gasteiger partial charge in [-0.05, 0) is 12.5 Å². The fraction of sp³-hybridized carbons (Fsp3) is 0.375. The van der Waals surface area contributed by atoms with Crippen LogP contribution in [0.25, 0.3) is 0 Å². The summed E-state index contributed by atoms with van der Waals surface area (Å²) in [7, 11) is 0. The Morgan fingerprint density at radius 3 is 2.67 bits per heavy atom. The van der Waals surface area contributed by atoms with Crippen LogP contribution in [0.4, 0.5) is 0 Å². The number of guanidine groups is 1. The summed E-state index contributed by atoms with van der Waals surface area (Å²) in [6, 6.07) is 9.83. The summed E-state index contributed by atoms with van der Waals surface area (Å²) in [5, 5.41) is 1.68. The van der Waals surface area contributed by atoms with E-state index in [1.165, 1.54) is 0 Å². The van der Waals surface area contributed by atoms with Gasteiger partial charge in [-0.15, -0.1) is 0 Å². The zero-order chi connectivity index (χ0) is 17.8. The number of carbonyl (C=O) groups is 1. The molecule has 0 spiro atoms. The summed E-state index contributed by atoms with van der Waals surface area (Å²) in [5.41, 5.74) is 14.8. The van der Waals surface area contributed by atoms with Gasteiger partial charge in [-0.2, -0.15) is 10.5 Å². The van der Waals surface area contributed by atoms with Crippen molar-refractivity contribution in [2.24, 2.45) is 16.5 Å². The molecule has 5 N–H and O–H groups in total. The van der Waals surface area contributed by atoms with Crippen LogP contribution in [0.2, 0.25) is 0 Å². The van der Waals surface area contributed by atoms with Crippen molar-refractivity contribution >= 4 is 11.9 Å². The Bertz CT molecular complexity index is 544. The van der Waals surface area contributed by atoms with Gasteiger partial charge in [0.2, 0.25) is 0 Å². The van der Waals surface area contributed by atoms with E-state index >= 15 is 0 Å². The lowest BCUT2D eigenvalue weighted by Crippen LogP contribution is -2.35. The van der Waals surface area contributed by atoms with Crippen LogP contribution in [0.15, 0.2) is 47.5 Å². The van der Waals surface area contributed by atoms with E-state index in [1.54, 1.807) is 12.0 Å². The van der Waals surface area contributed by atoms with E-state index in [1.807, 2.05) is 30.3 Å². The number of ether oxygens (including phenoxy) is 1. The molecule has 0 saturated carbocycles. The zero-order valence-electron chi connectivity index (χ0n) is 13.9. The third kappa shape index (κ3) is 8.89. The smallest absolute Gasteiger partial charge is 0.333 e. The third-order valence-corrected chi connectivity index (χ3v) is 2.82. The predicted octanol–water partition coefficient (Wildman–Crippen LogP) is 0.318. The highest BCUT2D eigenvalue weighted by Crippen LogP contribution is 2.04. The summed E-state index contributed by atoms with van der Waals surface area (Å²) in [5.74, 6) is -0.389. The molecule has 24 heavy (non-hydrogen) atoms. The summed E-state index contributed by atoms with van der Waals surface area (Å²) in [6.07, 6.45) is 0. The highest BCUT2D eigenvalue weighted by atomic mass is 16.8. The van der Waals surface area contributed by atoms with Gasteiger partial charge in [0, 0.05) is 12.1 Å². The first-order valence-electron chi connectivity index (χ1n) is 7.55. The van der Waals surface area contributed by atoms with Crippen molar-refractivity contribution < 1.29 is 14.5 Å². The average Bonchev–Trinajstić information content (AvgIpc) is 2.54. The van der Waals surface area contributed by atoms with E-state index in [-0.39, 0.29) is 12.6 Å². The normalized spacial score (nSPS) is 10.4. The topological polar surface area (TPSA) is 115 Å². The van der Waals surface area contributed by atoms with Gasteiger partial charge >= 0.3 is 5.97 Å². The second-order valence-electron chi connectivity index (χ2n) is 5.06. The monoisotopic (exact) mass is 335 g/mol. The molecule has 0 bridgehead atoms. The van der Waals surface area contributed by atoms with Crippen LogP contribution >= 0.6 is 0 Å². The number of hydrogen-bond donors (Lipinski definition) is 3. The minimum absolute atomic E-state index is 0.0364.